The third-order valence-corrected chi connectivity index (χ3v) is 5.00. The molecule has 1 aliphatic heterocycles. The van der Waals surface area contributed by atoms with Gasteiger partial charge in [-0.05, 0) is 59.8 Å². The summed E-state index contributed by atoms with van der Waals surface area (Å²) in [5, 5.41) is 3.56. The zero-order chi connectivity index (χ0) is 19.1. The van der Waals surface area contributed by atoms with E-state index < -0.39 is 5.97 Å². The van der Waals surface area contributed by atoms with Crippen LogP contribution in [0.5, 0.6) is 17.2 Å². The summed E-state index contributed by atoms with van der Waals surface area (Å²) in [4.78, 5) is 23.2. The normalized spacial score (nSPS) is 16.2. The fourth-order valence-corrected chi connectivity index (χ4v) is 4.09. The molecule has 0 amide bonds. The van der Waals surface area contributed by atoms with Crippen molar-refractivity contribution in [2.75, 3.05) is 13.7 Å². The summed E-state index contributed by atoms with van der Waals surface area (Å²) in [6, 6.07) is 7.79. The van der Waals surface area contributed by atoms with Crippen molar-refractivity contribution < 1.29 is 23.8 Å². The number of halogens is 1. The van der Waals surface area contributed by atoms with E-state index in [2.05, 4.69) is 5.32 Å². The van der Waals surface area contributed by atoms with Crippen LogP contribution in [0.2, 0.25) is 0 Å². The van der Waals surface area contributed by atoms with Crippen molar-refractivity contribution in [3.05, 3.63) is 41.0 Å². The number of carbonyl (C=O) groups excluding carboxylic acids is 2. The summed E-state index contributed by atoms with van der Waals surface area (Å²) in [6.45, 7) is 3.62. The number of benzene rings is 2. The minimum Gasteiger partial charge on any atom is -0.493 e. The van der Waals surface area contributed by atoms with E-state index in [1.54, 1.807) is 7.11 Å². The summed E-state index contributed by atoms with van der Waals surface area (Å²) >= 11 is 0. The van der Waals surface area contributed by atoms with Crippen molar-refractivity contribution in [2.45, 2.75) is 32.7 Å². The molecule has 7 heteroatoms. The van der Waals surface area contributed by atoms with Crippen LogP contribution in [0, 0.1) is 0 Å². The lowest BCUT2D eigenvalue weighted by Gasteiger charge is -2.35. The lowest BCUT2D eigenvalue weighted by atomic mass is 9.77. The Balaban J connectivity index is 0.00000225. The minimum atomic E-state index is -0.410. The molecule has 1 unspecified atom stereocenters. The number of methoxy groups -OCH3 is 1. The monoisotopic (exact) mass is 403 g/mol. The van der Waals surface area contributed by atoms with Crippen molar-refractivity contribution in [1.29, 1.82) is 0 Å². The predicted octanol–water partition coefficient (Wildman–Crippen LogP) is 3.38. The zero-order valence-corrected chi connectivity index (χ0v) is 16.8. The first-order chi connectivity index (χ1) is 13.0. The molecule has 148 valence electrons. The Morgan fingerprint density at radius 1 is 1.07 bits per heavy atom. The topological polar surface area (TPSA) is 73.9 Å². The van der Waals surface area contributed by atoms with Crippen molar-refractivity contribution in [2.24, 2.45) is 0 Å². The van der Waals surface area contributed by atoms with Crippen molar-refractivity contribution in [1.82, 2.24) is 5.32 Å². The smallest absolute Gasteiger partial charge is 0.308 e. The Morgan fingerprint density at radius 2 is 1.82 bits per heavy atom. The summed E-state index contributed by atoms with van der Waals surface area (Å²) in [5.74, 6) is 0.634. The van der Waals surface area contributed by atoms with Gasteiger partial charge in [0.15, 0.2) is 11.5 Å². The third-order valence-electron chi connectivity index (χ3n) is 5.00. The quantitative estimate of drug-likeness (QED) is 0.625. The van der Waals surface area contributed by atoms with Crippen LogP contribution in [0.1, 0.15) is 36.6 Å². The molecule has 0 saturated carbocycles. The average Bonchev–Trinajstić information content (AvgIpc) is 2.61. The van der Waals surface area contributed by atoms with E-state index in [-0.39, 0.29) is 24.4 Å². The first kappa shape index (κ1) is 20.2. The highest BCUT2D eigenvalue weighted by Crippen LogP contribution is 2.50. The highest BCUT2D eigenvalue weighted by atomic mass is 35.5. The largest absolute Gasteiger partial charge is 0.493 e. The number of hydrogen-bond donors (Lipinski definition) is 1. The molecule has 0 radical (unpaired) electrons. The molecule has 1 atom stereocenters. The highest BCUT2D eigenvalue weighted by Gasteiger charge is 2.33. The molecule has 0 bridgehead atoms. The van der Waals surface area contributed by atoms with Gasteiger partial charge >= 0.3 is 11.9 Å². The summed E-state index contributed by atoms with van der Waals surface area (Å²) < 4.78 is 16.4. The van der Waals surface area contributed by atoms with Gasteiger partial charge in [-0.15, -0.1) is 12.4 Å². The standard InChI is InChI=1S/C21H21NO5.ClH/c1-11(23)26-15-8-14-6-7-22-17-9-13-4-5-18(25-3)21(27-12(2)24)20(13)16(10-15)19(14)17;/h4-5,8,10,17,22H,6-7,9H2,1-3H3;1H. The number of carbonyl (C=O) groups is 2. The Labute approximate surface area is 169 Å². The van der Waals surface area contributed by atoms with E-state index in [0.717, 1.165) is 41.6 Å². The molecule has 6 nitrogen and oxygen atoms in total. The van der Waals surface area contributed by atoms with E-state index >= 15 is 0 Å². The molecule has 2 aromatic rings. The molecule has 0 fully saturated rings. The van der Waals surface area contributed by atoms with Crippen LogP contribution < -0.4 is 19.5 Å². The average molecular weight is 404 g/mol. The Hall–Kier alpha value is -2.57. The maximum Gasteiger partial charge on any atom is 0.308 e. The SMILES string of the molecule is COc1ccc2c(c1OC(C)=O)-c1cc(OC(C)=O)cc3c1C(C2)NCC3.Cl. The lowest BCUT2D eigenvalue weighted by Crippen LogP contribution is -2.34. The molecule has 0 saturated heterocycles. The number of hydrogen-bond acceptors (Lipinski definition) is 6. The van der Waals surface area contributed by atoms with Gasteiger partial charge in [-0.1, -0.05) is 6.07 Å². The molecular weight excluding hydrogens is 382 g/mol. The van der Waals surface area contributed by atoms with Gasteiger partial charge in [0.1, 0.15) is 5.75 Å². The van der Waals surface area contributed by atoms with Crippen molar-refractivity contribution in [3.8, 4) is 28.4 Å². The molecule has 1 N–H and O–H groups in total. The van der Waals surface area contributed by atoms with E-state index in [0.29, 0.717) is 17.2 Å². The van der Waals surface area contributed by atoms with Crippen LogP contribution in [0.3, 0.4) is 0 Å². The molecule has 1 aliphatic carbocycles. The summed E-state index contributed by atoms with van der Waals surface area (Å²) in [5.41, 5.74) is 5.12. The Kier molecular flexibility index (Phi) is 5.63. The second-order valence-electron chi connectivity index (χ2n) is 6.82. The van der Waals surface area contributed by atoms with Gasteiger partial charge in [-0.2, -0.15) is 0 Å². The van der Waals surface area contributed by atoms with Crippen LogP contribution in [0.15, 0.2) is 24.3 Å². The summed E-state index contributed by atoms with van der Waals surface area (Å²) in [6.07, 6.45) is 1.64. The van der Waals surface area contributed by atoms with E-state index in [4.69, 9.17) is 14.2 Å². The number of nitrogens with one attached hydrogen (secondary N) is 1. The van der Waals surface area contributed by atoms with Crippen molar-refractivity contribution in [3.63, 3.8) is 0 Å². The van der Waals surface area contributed by atoms with Crippen LogP contribution in [-0.2, 0) is 22.4 Å². The fraction of sp³-hybridized carbons (Fsp3) is 0.333. The van der Waals surface area contributed by atoms with E-state index in [1.807, 2.05) is 24.3 Å². The molecule has 0 spiro atoms. The second-order valence-corrected chi connectivity index (χ2v) is 6.82. The van der Waals surface area contributed by atoms with E-state index in [9.17, 15) is 9.59 Å². The van der Waals surface area contributed by atoms with Gasteiger partial charge in [0, 0.05) is 25.5 Å². The van der Waals surface area contributed by atoms with Gasteiger partial charge < -0.3 is 19.5 Å². The van der Waals surface area contributed by atoms with Crippen LogP contribution >= 0.6 is 12.4 Å². The molecule has 28 heavy (non-hydrogen) atoms. The number of esters is 2. The molecule has 0 aromatic heterocycles. The van der Waals surface area contributed by atoms with Gasteiger partial charge in [-0.25, -0.2) is 0 Å². The van der Waals surface area contributed by atoms with Gasteiger partial charge in [0.05, 0.1) is 7.11 Å². The van der Waals surface area contributed by atoms with Crippen molar-refractivity contribution >= 4 is 24.3 Å². The van der Waals surface area contributed by atoms with Crippen LogP contribution in [-0.4, -0.2) is 25.6 Å². The summed E-state index contributed by atoms with van der Waals surface area (Å²) in [7, 11) is 1.55. The first-order valence-electron chi connectivity index (χ1n) is 8.95. The molecule has 1 heterocycles. The van der Waals surface area contributed by atoms with Crippen LogP contribution in [0.4, 0.5) is 0 Å². The maximum atomic E-state index is 11.7. The number of rotatable bonds is 3. The first-order valence-corrected chi connectivity index (χ1v) is 8.95. The number of ether oxygens (including phenoxy) is 3. The lowest BCUT2D eigenvalue weighted by molar-refractivity contribution is -0.132. The zero-order valence-electron chi connectivity index (χ0n) is 16.0. The molecular formula is C21H22ClNO5. The van der Waals surface area contributed by atoms with Crippen LogP contribution in [0.25, 0.3) is 11.1 Å². The van der Waals surface area contributed by atoms with E-state index in [1.165, 1.54) is 19.4 Å². The Bertz CT molecular complexity index is 956. The minimum absolute atomic E-state index is 0. The molecule has 2 aromatic carbocycles. The number of fused-ring (bicyclic) bond motifs is 2. The van der Waals surface area contributed by atoms with Gasteiger partial charge in [0.2, 0.25) is 0 Å². The Morgan fingerprint density at radius 3 is 2.50 bits per heavy atom. The molecule has 4 rings (SSSR count). The highest BCUT2D eigenvalue weighted by molar-refractivity contribution is 5.86. The molecule has 2 aliphatic rings. The second kappa shape index (κ2) is 7.81. The third kappa shape index (κ3) is 3.45. The maximum absolute atomic E-state index is 11.7. The van der Waals surface area contributed by atoms with Gasteiger partial charge in [0.25, 0.3) is 0 Å². The predicted molar refractivity (Wildman–Crippen MR) is 106 cm³/mol. The fourth-order valence-electron chi connectivity index (χ4n) is 4.09. The van der Waals surface area contributed by atoms with Gasteiger partial charge in [-0.3, -0.25) is 9.59 Å².